The van der Waals surface area contributed by atoms with Crippen molar-refractivity contribution in [2.45, 2.75) is 30.4 Å². The quantitative estimate of drug-likeness (QED) is 0.580. The van der Waals surface area contributed by atoms with Crippen molar-refractivity contribution in [2.24, 2.45) is 0 Å². The Morgan fingerprint density at radius 2 is 2.00 bits per heavy atom. The number of halogens is 2. The number of H-pyrrole nitrogens is 1. The van der Waals surface area contributed by atoms with E-state index < -0.39 is 9.52 Å². The monoisotopic (exact) mass is 462 g/mol. The molecule has 2 heterocycles. The zero-order chi connectivity index (χ0) is 22.2. The minimum atomic E-state index is -2.44. The number of hydrogen-bond acceptors (Lipinski definition) is 4. The fourth-order valence-corrected chi connectivity index (χ4v) is 5.22. The smallest absolute Gasteiger partial charge is 0.255 e. The van der Waals surface area contributed by atoms with Crippen molar-refractivity contribution in [3.63, 3.8) is 0 Å². The summed E-state index contributed by atoms with van der Waals surface area (Å²) in [6, 6.07) is 9.59. The van der Waals surface area contributed by atoms with E-state index in [-0.39, 0.29) is 17.5 Å². The van der Waals surface area contributed by atoms with Crippen LogP contribution in [-0.4, -0.2) is 45.4 Å². The van der Waals surface area contributed by atoms with Crippen LogP contribution in [0.25, 0.3) is 10.8 Å². The number of aromatic nitrogens is 1. The standard InChI is InChI=1S/C23H24ClFN2O3S/c1-31(2,29)22-4-3-17(25)11-16(22)14-27-9-6-18(7-10-27)30-21-12-15-5-8-26-23(28)19(15)13-20(21)24/h3-5,8,11-13,18H,1,6-7,9-10,14H2,2H3,(H,26,28). The molecule has 8 heteroatoms. The summed E-state index contributed by atoms with van der Waals surface area (Å²) in [5.41, 5.74) is 0.527. The molecule has 0 amide bonds. The molecule has 164 valence electrons. The molecular weight excluding hydrogens is 439 g/mol. The molecule has 0 aliphatic carbocycles. The molecule has 0 saturated carbocycles. The van der Waals surface area contributed by atoms with Gasteiger partial charge in [-0.3, -0.25) is 13.9 Å². The number of nitrogens with zero attached hydrogens (tertiary/aromatic N) is 1. The molecule has 1 aliphatic heterocycles. The Labute approximate surface area is 185 Å². The molecule has 3 aromatic rings. The zero-order valence-electron chi connectivity index (χ0n) is 17.2. The van der Waals surface area contributed by atoms with E-state index in [1.165, 1.54) is 12.1 Å². The van der Waals surface area contributed by atoms with Crippen molar-refractivity contribution in [1.29, 1.82) is 0 Å². The van der Waals surface area contributed by atoms with Gasteiger partial charge in [-0.25, -0.2) is 4.39 Å². The number of fused-ring (bicyclic) bond motifs is 1. The predicted octanol–water partition coefficient (Wildman–Crippen LogP) is 4.07. The molecule has 2 aromatic carbocycles. The van der Waals surface area contributed by atoms with Crippen LogP contribution in [0.4, 0.5) is 4.39 Å². The first-order valence-corrected chi connectivity index (χ1v) is 12.5. The van der Waals surface area contributed by atoms with E-state index in [9.17, 15) is 13.4 Å². The summed E-state index contributed by atoms with van der Waals surface area (Å²) in [5.74, 6) is 3.97. The fraction of sp³-hybridized carbons (Fsp3) is 0.304. The van der Waals surface area contributed by atoms with Gasteiger partial charge in [0.1, 0.15) is 17.7 Å². The molecule has 0 bridgehead atoms. The number of hydrogen-bond donors (Lipinski definition) is 1. The van der Waals surface area contributed by atoms with Crippen molar-refractivity contribution in [3.8, 4) is 5.75 Å². The highest BCUT2D eigenvalue weighted by Gasteiger charge is 2.23. The number of rotatable bonds is 5. The van der Waals surface area contributed by atoms with E-state index in [1.807, 2.05) is 6.07 Å². The van der Waals surface area contributed by atoms with Crippen LogP contribution in [-0.2, 0) is 16.1 Å². The van der Waals surface area contributed by atoms with Crippen molar-refractivity contribution in [3.05, 3.63) is 69.4 Å². The van der Waals surface area contributed by atoms with Crippen molar-refractivity contribution in [2.75, 3.05) is 19.3 Å². The topological polar surface area (TPSA) is 62.4 Å². The van der Waals surface area contributed by atoms with Gasteiger partial charge in [0.15, 0.2) is 0 Å². The van der Waals surface area contributed by atoms with E-state index in [1.54, 1.807) is 30.7 Å². The first-order valence-electron chi connectivity index (χ1n) is 10.0. The Kier molecular flexibility index (Phi) is 6.10. The molecule has 1 fully saturated rings. The van der Waals surface area contributed by atoms with Crippen LogP contribution in [0, 0.1) is 5.82 Å². The van der Waals surface area contributed by atoms with Crippen molar-refractivity contribution in [1.82, 2.24) is 9.88 Å². The largest absolute Gasteiger partial charge is 0.489 e. The molecule has 1 aliphatic rings. The van der Waals surface area contributed by atoms with Crippen LogP contribution < -0.4 is 10.3 Å². The molecule has 1 N–H and O–H groups in total. The van der Waals surface area contributed by atoms with Crippen LogP contribution in [0.15, 0.2) is 52.3 Å². The third-order valence-corrected chi connectivity index (χ3v) is 7.16. The lowest BCUT2D eigenvalue weighted by Gasteiger charge is -2.32. The highest BCUT2D eigenvalue weighted by atomic mass is 35.5. The third-order valence-electron chi connectivity index (χ3n) is 5.54. The summed E-state index contributed by atoms with van der Waals surface area (Å²) < 4.78 is 32.4. The number of likely N-dealkylation sites (tertiary alicyclic amines) is 1. The van der Waals surface area contributed by atoms with Gasteiger partial charge in [0.05, 0.1) is 5.02 Å². The Morgan fingerprint density at radius 1 is 1.26 bits per heavy atom. The van der Waals surface area contributed by atoms with E-state index in [4.69, 9.17) is 16.3 Å². The Balaban J connectivity index is 1.43. The predicted molar refractivity (Wildman–Crippen MR) is 124 cm³/mol. The Morgan fingerprint density at radius 3 is 2.71 bits per heavy atom. The number of aromatic amines is 1. The van der Waals surface area contributed by atoms with Gasteiger partial charge in [-0.2, -0.15) is 0 Å². The lowest BCUT2D eigenvalue weighted by atomic mass is 10.1. The molecule has 1 atom stereocenters. The van der Waals surface area contributed by atoms with Gasteiger partial charge < -0.3 is 9.72 Å². The second-order valence-corrected chi connectivity index (χ2v) is 10.9. The van der Waals surface area contributed by atoms with Crippen molar-refractivity contribution >= 4 is 37.8 Å². The SMILES string of the molecule is C=S(C)(=O)c1ccc(F)cc1CN1CCC(Oc2cc3cc[nH]c(=O)c3cc2Cl)CC1. The summed E-state index contributed by atoms with van der Waals surface area (Å²) in [4.78, 5) is 17.4. The minimum Gasteiger partial charge on any atom is -0.489 e. The lowest BCUT2D eigenvalue weighted by molar-refractivity contribution is 0.0965. The Bertz CT molecular complexity index is 1280. The molecular formula is C23H24ClFN2O3S. The summed E-state index contributed by atoms with van der Waals surface area (Å²) in [6.45, 7) is 2.03. The summed E-state index contributed by atoms with van der Waals surface area (Å²) in [6.07, 6.45) is 4.72. The van der Waals surface area contributed by atoms with Crippen LogP contribution in [0.2, 0.25) is 5.02 Å². The average molecular weight is 463 g/mol. The van der Waals surface area contributed by atoms with Gasteiger partial charge in [-0.1, -0.05) is 11.6 Å². The Hall–Kier alpha value is -2.35. The van der Waals surface area contributed by atoms with E-state index in [2.05, 4.69) is 15.8 Å². The molecule has 0 spiro atoms. The lowest BCUT2D eigenvalue weighted by Crippen LogP contribution is -2.38. The van der Waals surface area contributed by atoms with E-state index >= 15 is 0 Å². The van der Waals surface area contributed by atoms with Gasteiger partial charge in [0.25, 0.3) is 5.56 Å². The fourth-order valence-electron chi connectivity index (χ4n) is 3.98. The van der Waals surface area contributed by atoms with E-state index in [0.717, 1.165) is 31.3 Å². The first-order chi connectivity index (χ1) is 14.7. The van der Waals surface area contributed by atoms with Gasteiger partial charge in [0.2, 0.25) is 0 Å². The van der Waals surface area contributed by atoms with Gasteiger partial charge in [0, 0.05) is 42.4 Å². The summed E-state index contributed by atoms with van der Waals surface area (Å²) in [7, 11) is -2.44. The van der Waals surface area contributed by atoms with Crippen molar-refractivity contribution < 1.29 is 13.3 Å². The van der Waals surface area contributed by atoms with Crippen LogP contribution >= 0.6 is 11.6 Å². The normalized spacial score (nSPS) is 17.5. The molecule has 1 saturated heterocycles. The van der Waals surface area contributed by atoms with Crippen LogP contribution in [0.5, 0.6) is 5.75 Å². The number of ether oxygens (including phenoxy) is 1. The second-order valence-electron chi connectivity index (χ2n) is 8.03. The molecule has 31 heavy (non-hydrogen) atoms. The van der Waals surface area contributed by atoms with E-state index in [0.29, 0.717) is 33.2 Å². The number of pyridine rings is 1. The highest BCUT2D eigenvalue weighted by molar-refractivity contribution is 7.99. The zero-order valence-corrected chi connectivity index (χ0v) is 18.8. The van der Waals surface area contributed by atoms with Crippen LogP contribution in [0.1, 0.15) is 18.4 Å². The summed E-state index contributed by atoms with van der Waals surface area (Å²) >= 11 is 6.35. The molecule has 0 radical (unpaired) electrons. The number of piperidine rings is 1. The maximum absolute atomic E-state index is 13.8. The molecule has 4 rings (SSSR count). The van der Waals surface area contributed by atoms with Gasteiger partial charge in [-0.15, -0.1) is 0 Å². The van der Waals surface area contributed by atoms with Gasteiger partial charge in [-0.05, 0) is 75.6 Å². The van der Waals surface area contributed by atoms with Gasteiger partial charge >= 0.3 is 0 Å². The number of nitrogens with one attached hydrogen (secondary N) is 1. The van der Waals surface area contributed by atoms with Crippen LogP contribution in [0.3, 0.4) is 0 Å². The maximum Gasteiger partial charge on any atom is 0.255 e. The average Bonchev–Trinajstić information content (AvgIpc) is 2.70. The third kappa shape index (κ3) is 4.95. The first kappa shape index (κ1) is 21.9. The minimum absolute atomic E-state index is 0.0107. The highest BCUT2D eigenvalue weighted by Crippen LogP contribution is 2.31. The summed E-state index contributed by atoms with van der Waals surface area (Å²) in [5, 5.41) is 1.71. The second kappa shape index (κ2) is 8.65. The molecule has 5 nitrogen and oxygen atoms in total. The molecule has 1 aromatic heterocycles. The maximum atomic E-state index is 13.8. The number of benzene rings is 2. The molecule has 1 unspecified atom stereocenters.